The second-order valence-corrected chi connectivity index (χ2v) is 5.86. The van der Waals surface area contributed by atoms with E-state index in [1.807, 2.05) is 31.2 Å². The maximum atomic E-state index is 11.7. The summed E-state index contributed by atoms with van der Waals surface area (Å²) in [5, 5.41) is 9.43. The van der Waals surface area contributed by atoms with Crippen molar-refractivity contribution in [2.24, 2.45) is 0 Å². The Morgan fingerprint density at radius 1 is 1.33 bits per heavy atom. The van der Waals surface area contributed by atoms with Gasteiger partial charge in [-0.1, -0.05) is 12.1 Å². The number of nitrogens with zero attached hydrogens (tertiary/aromatic N) is 1. The number of ether oxygens (including phenoxy) is 1. The first kappa shape index (κ1) is 13.7. The molecule has 1 aromatic rings. The van der Waals surface area contributed by atoms with Crippen LogP contribution in [0.25, 0.3) is 0 Å². The van der Waals surface area contributed by atoms with Crippen LogP contribution in [0.1, 0.15) is 25.3 Å². The number of carbonyl (C=O) groups is 2. The van der Waals surface area contributed by atoms with Gasteiger partial charge in [-0.15, -0.1) is 0 Å². The average molecular weight is 287 g/mol. The lowest BCUT2D eigenvalue weighted by Gasteiger charge is -2.45. The summed E-state index contributed by atoms with van der Waals surface area (Å²) in [6.45, 7) is 1.94. The molecule has 1 fully saturated rings. The van der Waals surface area contributed by atoms with Gasteiger partial charge in [-0.3, -0.25) is 9.69 Å². The molecule has 0 saturated carbocycles. The van der Waals surface area contributed by atoms with Gasteiger partial charge < -0.3 is 9.84 Å². The third-order valence-corrected chi connectivity index (χ3v) is 4.25. The van der Waals surface area contributed by atoms with E-state index in [0.717, 1.165) is 16.9 Å². The zero-order valence-electron chi connectivity index (χ0n) is 12.0. The molecule has 0 aromatic heterocycles. The molecule has 1 amide bonds. The van der Waals surface area contributed by atoms with Crippen molar-refractivity contribution in [3.63, 3.8) is 0 Å². The number of β-lactam (4-membered cyclic amide) rings is 1. The average Bonchev–Trinajstić information content (AvgIpc) is 2.67. The van der Waals surface area contributed by atoms with Gasteiger partial charge in [-0.05, 0) is 43.0 Å². The van der Waals surface area contributed by atoms with Crippen molar-refractivity contribution in [1.82, 2.24) is 4.90 Å². The number of methoxy groups -OCH3 is 1. The number of aliphatic carboxylic acids is 1. The zero-order valence-corrected chi connectivity index (χ0v) is 12.0. The predicted molar refractivity (Wildman–Crippen MR) is 75.8 cm³/mol. The summed E-state index contributed by atoms with van der Waals surface area (Å²) in [4.78, 5) is 24.7. The van der Waals surface area contributed by atoms with Crippen molar-refractivity contribution in [3.05, 3.63) is 41.1 Å². The first-order valence-corrected chi connectivity index (χ1v) is 6.86. The zero-order chi connectivity index (χ0) is 15.2. The van der Waals surface area contributed by atoms with E-state index in [0.29, 0.717) is 19.3 Å². The Morgan fingerprint density at radius 2 is 2.00 bits per heavy atom. The van der Waals surface area contributed by atoms with Gasteiger partial charge in [-0.2, -0.15) is 0 Å². The fourth-order valence-electron chi connectivity index (χ4n) is 3.31. The molecule has 21 heavy (non-hydrogen) atoms. The standard InChI is InChI=1S/C16H17NO4/c1-16-8-11(7-10-3-5-12(21-2)6-4-10)14(15(19)20)17(16)13(18)9-16/h3-6H,7-9H2,1-2H3,(H,19,20)/t16-/m1/s1. The lowest BCUT2D eigenvalue weighted by Crippen LogP contribution is -2.58. The summed E-state index contributed by atoms with van der Waals surface area (Å²) in [5.74, 6) is -0.349. The van der Waals surface area contributed by atoms with Crippen LogP contribution in [0.15, 0.2) is 35.5 Å². The highest BCUT2D eigenvalue weighted by Crippen LogP contribution is 2.47. The van der Waals surface area contributed by atoms with Crippen LogP contribution in [0, 0.1) is 0 Å². The smallest absolute Gasteiger partial charge is 0.352 e. The summed E-state index contributed by atoms with van der Waals surface area (Å²) >= 11 is 0. The maximum Gasteiger partial charge on any atom is 0.352 e. The Balaban J connectivity index is 1.90. The van der Waals surface area contributed by atoms with Gasteiger partial charge in [0.2, 0.25) is 5.91 Å². The maximum absolute atomic E-state index is 11.7. The van der Waals surface area contributed by atoms with E-state index in [2.05, 4.69) is 0 Å². The van der Waals surface area contributed by atoms with E-state index < -0.39 is 5.97 Å². The van der Waals surface area contributed by atoms with E-state index in [-0.39, 0.29) is 17.1 Å². The number of benzene rings is 1. The minimum absolute atomic E-state index is 0.0976. The van der Waals surface area contributed by atoms with Crippen molar-refractivity contribution in [2.75, 3.05) is 7.11 Å². The minimum Gasteiger partial charge on any atom is -0.497 e. The first-order valence-electron chi connectivity index (χ1n) is 6.86. The van der Waals surface area contributed by atoms with Crippen LogP contribution < -0.4 is 4.74 Å². The SMILES string of the molecule is COc1ccc(CC2=C(C(=O)O)N3C(=O)C[C@@]3(C)C2)cc1. The summed E-state index contributed by atoms with van der Waals surface area (Å²) in [5.41, 5.74) is 1.67. The quantitative estimate of drug-likeness (QED) is 0.860. The van der Waals surface area contributed by atoms with E-state index in [1.54, 1.807) is 7.11 Å². The lowest BCUT2D eigenvalue weighted by atomic mass is 9.84. The van der Waals surface area contributed by atoms with E-state index in [9.17, 15) is 14.7 Å². The fourth-order valence-corrected chi connectivity index (χ4v) is 3.31. The predicted octanol–water partition coefficient (Wildman–Crippen LogP) is 1.97. The molecule has 1 saturated heterocycles. The van der Waals surface area contributed by atoms with Crippen molar-refractivity contribution >= 4 is 11.9 Å². The molecular formula is C16H17NO4. The van der Waals surface area contributed by atoms with E-state index in [4.69, 9.17) is 4.74 Å². The second-order valence-electron chi connectivity index (χ2n) is 5.86. The monoisotopic (exact) mass is 287 g/mol. The Bertz CT molecular complexity index is 647. The van der Waals surface area contributed by atoms with Crippen molar-refractivity contribution in [2.45, 2.75) is 31.7 Å². The number of carbonyl (C=O) groups excluding carboxylic acids is 1. The molecule has 3 rings (SSSR count). The minimum atomic E-state index is -1.02. The highest BCUT2D eigenvalue weighted by molar-refractivity contribution is 5.99. The van der Waals surface area contributed by atoms with Gasteiger partial charge in [0.15, 0.2) is 0 Å². The Labute approximate surface area is 122 Å². The van der Waals surface area contributed by atoms with Crippen LogP contribution in [0.4, 0.5) is 0 Å². The van der Waals surface area contributed by atoms with E-state index >= 15 is 0 Å². The van der Waals surface area contributed by atoms with Crippen molar-refractivity contribution in [3.8, 4) is 5.75 Å². The van der Waals surface area contributed by atoms with Crippen molar-refractivity contribution in [1.29, 1.82) is 0 Å². The van der Waals surface area contributed by atoms with Gasteiger partial charge in [0.1, 0.15) is 11.4 Å². The summed E-state index contributed by atoms with van der Waals surface area (Å²) < 4.78 is 5.11. The van der Waals surface area contributed by atoms with Gasteiger partial charge in [-0.25, -0.2) is 4.79 Å². The van der Waals surface area contributed by atoms with E-state index in [1.165, 1.54) is 4.90 Å². The highest BCUT2D eigenvalue weighted by atomic mass is 16.5. The fraction of sp³-hybridized carbons (Fsp3) is 0.375. The molecule has 2 heterocycles. The molecule has 0 unspecified atom stereocenters. The molecule has 0 aliphatic carbocycles. The van der Waals surface area contributed by atoms with Gasteiger partial charge in [0.25, 0.3) is 0 Å². The van der Waals surface area contributed by atoms with Gasteiger partial charge in [0, 0.05) is 0 Å². The molecule has 1 atom stereocenters. The molecule has 5 heteroatoms. The summed E-state index contributed by atoms with van der Waals surface area (Å²) in [7, 11) is 1.61. The summed E-state index contributed by atoms with van der Waals surface area (Å²) in [6.07, 6.45) is 1.60. The largest absolute Gasteiger partial charge is 0.497 e. The topological polar surface area (TPSA) is 66.8 Å². The Morgan fingerprint density at radius 3 is 2.52 bits per heavy atom. The third-order valence-electron chi connectivity index (χ3n) is 4.25. The number of rotatable bonds is 4. The van der Waals surface area contributed by atoms with Crippen LogP contribution >= 0.6 is 0 Å². The number of carboxylic acids is 1. The molecule has 1 aromatic carbocycles. The molecule has 1 N–H and O–H groups in total. The molecule has 0 bridgehead atoms. The summed E-state index contributed by atoms with van der Waals surface area (Å²) in [6, 6.07) is 7.55. The highest BCUT2D eigenvalue weighted by Gasteiger charge is 2.55. The number of hydrogen-bond donors (Lipinski definition) is 1. The van der Waals surface area contributed by atoms with Gasteiger partial charge >= 0.3 is 5.97 Å². The van der Waals surface area contributed by atoms with Crippen LogP contribution in [-0.2, 0) is 16.0 Å². The molecular weight excluding hydrogens is 270 g/mol. The molecule has 5 nitrogen and oxygen atoms in total. The third kappa shape index (κ3) is 2.09. The molecule has 2 aliphatic rings. The first-order chi connectivity index (χ1) is 9.94. The van der Waals surface area contributed by atoms with Crippen LogP contribution in [0.3, 0.4) is 0 Å². The number of amides is 1. The van der Waals surface area contributed by atoms with Crippen molar-refractivity contribution < 1.29 is 19.4 Å². The number of carboxylic acid groups (broad SMARTS) is 1. The molecule has 2 aliphatic heterocycles. The number of hydrogen-bond acceptors (Lipinski definition) is 3. The second kappa shape index (κ2) is 4.62. The van der Waals surface area contributed by atoms with Crippen LogP contribution in [0.5, 0.6) is 5.75 Å². The number of fused-ring (bicyclic) bond motifs is 1. The molecule has 0 spiro atoms. The van der Waals surface area contributed by atoms with Crippen LogP contribution in [-0.4, -0.2) is 34.5 Å². The lowest BCUT2D eigenvalue weighted by molar-refractivity contribution is -0.153. The Hall–Kier alpha value is -2.30. The molecule has 110 valence electrons. The normalized spacial score (nSPS) is 23.9. The Kier molecular flexibility index (Phi) is 3.01. The van der Waals surface area contributed by atoms with Crippen LogP contribution in [0.2, 0.25) is 0 Å². The van der Waals surface area contributed by atoms with Gasteiger partial charge in [0.05, 0.1) is 19.1 Å². The molecule has 0 radical (unpaired) electrons.